The molecule has 0 aliphatic carbocycles. The smallest absolute Gasteiger partial charge is 0.417 e. The summed E-state index contributed by atoms with van der Waals surface area (Å²) in [7, 11) is 0. The Hall–Kier alpha value is -4.09. The van der Waals surface area contributed by atoms with E-state index < -0.39 is 40.1 Å². The molecular weight excluding hydrogens is 542 g/mol. The van der Waals surface area contributed by atoms with E-state index in [1.165, 1.54) is 31.0 Å². The van der Waals surface area contributed by atoms with E-state index in [9.17, 15) is 22.8 Å². The fourth-order valence-electron chi connectivity index (χ4n) is 4.33. The Morgan fingerprint density at radius 3 is 2.49 bits per heavy atom. The monoisotopic (exact) mass is 563 g/mol. The Morgan fingerprint density at radius 1 is 1.21 bits per heavy atom. The molecule has 3 heterocycles. The van der Waals surface area contributed by atoms with Crippen molar-refractivity contribution >= 4 is 40.3 Å². The van der Waals surface area contributed by atoms with E-state index >= 15 is 4.39 Å². The molecule has 0 bridgehead atoms. The van der Waals surface area contributed by atoms with E-state index in [0.29, 0.717) is 6.07 Å². The summed E-state index contributed by atoms with van der Waals surface area (Å²) in [5.41, 5.74) is -4.57. The van der Waals surface area contributed by atoms with Gasteiger partial charge in [0.05, 0.1) is 40.9 Å². The van der Waals surface area contributed by atoms with Gasteiger partial charge in [0.2, 0.25) is 5.75 Å². The van der Waals surface area contributed by atoms with Gasteiger partial charge in [0.15, 0.2) is 16.6 Å². The van der Waals surface area contributed by atoms with Crippen LogP contribution >= 0.6 is 12.2 Å². The largest absolute Gasteiger partial charge is 0.484 e. The fourth-order valence-corrected chi connectivity index (χ4v) is 4.85. The number of nitriles is 1. The van der Waals surface area contributed by atoms with Crippen LogP contribution in [0.2, 0.25) is 0 Å². The molecule has 4 rings (SSSR count). The van der Waals surface area contributed by atoms with Crippen molar-refractivity contribution < 1.29 is 32.2 Å². The summed E-state index contributed by atoms with van der Waals surface area (Å²) in [6, 6.07) is 5.23. The van der Waals surface area contributed by atoms with Crippen molar-refractivity contribution in [1.82, 2.24) is 9.38 Å². The van der Waals surface area contributed by atoms with Gasteiger partial charge in [-0.1, -0.05) is 6.92 Å². The number of hydrogen-bond acceptors (Lipinski definition) is 7. The second-order valence-electron chi connectivity index (χ2n) is 9.02. The topological polar surface area (TPSA) is 111 Å². The van der Waals surface area contributed by atoms with Crippen LogP contribution in [-0.2, 0) is 17.4 Å². The number of amides is 1. The minimum Gasteiger partial charge on any atom is -0.484 e. The van der Waals surface area contributed by atoms with Crippen molar-refractivity contribution in [1.29, 1.82) is 5.26 Å². The van der Waals surface area contributed by atoms with Crippen LogP contribution in [0.25, 0.3) is 5.65 Å². The van der Waals surface area contributed by atoms with Gasteiger partial charge in [-0.3, -0.25) is 18.9 Å². The molecule has 1 fully saturated rings. The lowest BCUT2D eigenvalue weighted by molar-refractivity contribution is -0.137. The van der Waals surface area contributed by atoms with Crippen molar-refractivity contribution in [3.8, 4) is 11.8 Å². The number of fused-ring (bicyclic) bond motifs is 1. The molecule has 1 saturated heterocycles. The third-order valence-electron chi connectivity index (χ3n) is 6.18. The maximum Gasteiger partial charge on any atom is 0.417 e. The van der Waals surface area contributed by atoms with Crippen LogP contribution in [0.4, 0.5) is 28.9 Å². The van der Waals surface area contributed by atoms with Gasteiger partial charge in [-0.05, 0) is 50.7 Å². The highest BCUT2D eigenvalue weighted by Gasteiger charge is 2.51. The lowest BCUT2D eigenvalue weighted by Gasteiger charge is -2.29. The Balaban J connectivity index is 1.88. The highest BCUT2D eigenvalue weighted by molar-refractivity contribution is 7.81. The van der Waals surface area contributed by atoms with Gasteiger partial charge < -0.3 is 14.7 Å². The zero-order valence-electron chi connectivity index (χ0n) is 20.8. The van der Waals surface area contributed by atoms with E-state index in [1.807, 2.05) is 0 Å². The molecule has 39 heavy (non-hydrogen) atoms. The quantitative estimate of drug-likeness (QED) is 0.358. The molecule has 0 spiro atoms. The van der Waals surface area contributed by atoms with Crippen molar-refractivity contribution in [2.75, 3.05) is 23.0 Å². The van der Waals surface area contributed by atoms with Crippen LogP contribution in [-0.4, -0.2) is 44.3 Å². The summed E-state index contributed by atoms with van der Waals surface area (Å²) in [4.78, 5) is 32.9. The summed E-state index contributed by atoms with van der Waals surface area (Å²) in [5.74, 6) is -1.82. The van der Waals surface area contributed by atoms with E-state index in [-0.39, 0.29) is 53.2 Å². The number of ether oxygens (including phenoxy) is 1. The zero-order chi connectivity index (χ0) is 28.9. The molecule has 0 atom stereocenters. The highest BCUT2D eigenvalue weighted by atomic mass is 32.1. The molecule has 14 heteroatoms. The molecule has 1 aliphatic heterocycles. The SMILES string of the molecule is CCc1nc2c(F)cc(N3C(=S)N(c4ccc(C#N)c(C(F)(F)F)c4)C(=O)C3(C)C)cn2c(=O)c1OCCO. The number of carbonyl (C=O) groups is 1. The first-order valence-corrected chi connectivity index (χ1v) is 12.0. The number of rotatable bonds is 6. The average molecular weight is 564 g/mol. The molecule has 204 valence electrons. The molecule has 2 aromatic heterocycles. The Labute approximate surface area is 224 Å². The molecule has 1 aliphatic rings. The van der Waals surface area contributed by atoms with Gasteiger partial charge in [0.25, 0.3) is 5.91 Å². The lowest BCUT2D eigenvalue weighted by atomic mass is 10.0. The third kappa shape index (κ3) is 4.57. The highest BCUT2D eigenvalue weighted by Crippen LogP contribution is 2.40. The van der Waals surface area contributed by atoms with E-state index in [4.69, 9.17) is 27.3 Å². The van der Waals surface area contributed by atoms with Gasteiger partial charge >= 0.3 is 11.7 Å². The molecule has 1 N–H and O–H groups in total. The number of nitrogens with zero attached hydrogens (tertiary/aromatic N) is 5. The minimum atomic E-state index is -4.87. The Morgan fingerprint density at radius 2 is 1.90 bits per heavy atom. The van der Waals surface area contributed by atoms with E-state index in [1.54, 1.807) is 6.92 Å². The molecule has 1 aromatic carbocycles. The second kappa shape index (κ2) is 9.90. The van der Waals surface area contributed by atoms with Crippen molar-refractivity contribution in [2.24, 2.45) is 0 Å². The number of pyridine rings is 1. The molecule has 0 saturated carbocycles. The van der Waals surface area contributed by atoms with Crippen LogP contribution in [0, 0.1) is 17.1 Å². The van der Waals surface area contributed by atoms with Gasteiger partial charge in [-0.15, -0.1) is 0 Å². The fraction of sp³-hybridized carbons (Fsp3) is 0.320. The first-order chi connectivity index (χ1) is 18.3. The number of aromatic nitrogens is 2. The van der Waals surface area contributed by atoms with Gasteiger partial charge in [0.1, 0.15) is 12.1 Å². The minimum absolute atomic E-state index is 0.0446. The maximum absolute atomic E-state index is 15.3. The van der Waals surface area contributed by atoms with Crippen LogP contribution in [0.5, 0.6) is 5.75 Å². The number of aryl methyl sites for hydroxylation is 1. The number of alkyl halides is 3. The summed E-state index contributed by atoms with van der Waals surface area (Å²) in [6.07, 6.45) is -3.43. The number of halogens is 4. The van der Waals surface area contributed by atoms with Crippen LogP contribution in [0.15, 0.2) is 35.3 Å². The number of aliphatic hydroxyl groups excluding tert-OH is 1. The first kappa shape index (κ1) is 27.9. The normalized spacial score (nSPS) is 15.3. The summed E-state index contributed by atoms with van der Waals surface area (Å²) in [5, 5.41) is 17.9. The summed E-state index contributed by atoms with van der Waals surface area (Å²) >= 11 is 5.48. The number of aliphatic hydroxyl groups is 1. The summed E-state index contributed by atoms with van der Waals surface area (Å²) < 4.78 is 62.3. The molecule has 1 amide bonds. The Kier molecular flexibility index (Phi) is 7.09. The van der Waals surface area contributed by atoms with Crippen LogP contribution in [0.3, 0.4) is 0 Å². The number of benzene rings is 1. The van der Waals surface area contributed by atoms with Crippen LogP contribution in [0.1, 0.15) is 37.6 Å². The van der Waals surface area contributed by atoms with Crippen molar-refractivity contribution in [3.63, 3.8) is 0 Å². The van der Waals surface area contributed by atoms with Crippen molar-refractivity contribution in [3.05, 3.63) is 63.5 Å². The van der Waals surface area contributed by atoms with Gasteiger partial charge in [0, 0.05) is 12.3 Å². The molecule has 9 nitrogen and oxygen atoms in total. The number of carbonyl (C=O) groups excluding carboxylic acids is 1. The van der Waals surface area contributed by atoms with Crippen LogP contribution < -0.4 is 20.1 Å². The Bertz CT molecular complexity index is 1610. The number of anilines is 2. The van der Waals surface area contributed by atoms with Gasteiger partial charge in [-0.25, -0.2) is 9.37 Å². The van der Waals surface area contributed by atoms with Gasteiger partial charge in [-0.2, -0.15) is 18.4 Å². The van der Waals surface area contributed by atoms with Crippen molar-refractivity contribution in [2.45, 2.75) is 38.9 Å². The second-order valence-corrected chi connectivity index (χ2v) is 9.38. The van der Waals surface area contributed by atoms with E-state index in [2.05, 4.69) is 4.98 Å². The average Bonchev–Trinajstić information content (AvgIpc) is 3.05. The standard InChI is InChI=1S/C25H21F4N5O4S/c1-4-18-19(38-8-7-35)21(36)32-12-15(10-17(26)20(32)31-18)34-23(39)33(22(37)24(34,2)3)14-6-5-13(11-30)16(9-14)25(27,28)29/h5-6,9-10,12,35H,4,7-8H2,1-3H3. The predicted molar refractivity (Wildman–Crippen MR) is 136 cm³/mol. The molecule has 0 radical (unpaired) electrons. The number of thiocarbonyl (C=S) groups is 1. The third-order valence-corrected chi connectivity index (χ3v) is 6.54. The molecular formula is C25H21F4N5O4S. The predicted octanol–water partition coefficient (Wildman–Crippen LogP) is 3.57. The number of hydrogen-bond donors (Lipinski definition) is 1. The first-order valence-electron chi connectivity index (χ1n) is 11.6. The maximum atomic E-state index is 15.3. The lowest BCUT2D eigenvalue weighted by Crippen LogP contribution is -2.44. The van der Waals surface area contributed by atoms with E-state index in [0.717, 1.165) is 27.5 Å². The zero-order valence-corrected chi connectivity index (χ0v) is 21.7. The summed E-state index contributed by atoms with van der Waals surface area (Å²) in [6.45, 7) is 3.99. The molecule has 3 aromatic rings. The molecule has 0 unspecified atom stereocenters.